The molecule has 0 bridgehead atoms. The van der Waals surface area contributed by atoms with E-state index < -0.39 is 42.5 Å². The first-order chi connectivity index (χ1) is 8.04. The molecule has 0 saturated carbocycles. The van der Waals surface area contributed by atoms with Gasteiger partial charge in [0.15, 0.2) is 12.4 Å². The van der Waals surface area contributed by atoms with Crippen LogP contribution in [0.5, 0.6) is 0 Å². The Labute approximate surface area is 125 Å². The van der Waals surface area contributed by atoms with Gasteiger partial charge in [-0.05, 0) is 0 Å². The zero-order valence-electron chi connectivity index (χ0n) is 9.12. The van der Waals surface area contributed by atoms with Crippen molar-refractivity contribution in [2.45, 2.75) is 24.6 Å². The molecular formula is C9H10FN2O5Y-. The predicted molar refractivity (Wildman–Crippen MR) is 52.1 cm³/mol. The molecule has 1 aliphatic rings. The van der Waals surface area contributed by atoms with E-state index in [1.165, 1.54) is 0 Å². The summed E-state index contributed by atoms with van der Waals surface area (Å²) in [6.45, 7) is -0.570. The smallest absolute Gasteiger partial charge is 0.325 e. The molecule has 0 amide bonds. The number of H-pyrrole nitrogens is 1. The molecule has 1 radical (unpaired) electrons. The second-order valence-electron chi connectivity index (χ2n) is 3.62. The number of aliphatic hydroxyl groups excluding tert-OH is 2. The van der Waals surface area contributed by atoms with E-state index in [1.807, 2.05) is 4.98 Å². The molecule has 0 aliphatic carbocycles. The molecule has 7 nitrogen and oxygen atoms in total. The molecule has 9 heteroatoms. The topological polar surface area (TPSA) is 105 Å². The number of hydrogen-bond acceptors (Lipinski definition) is 5. The van der Waals surface area contributed by atoms with Crippen LogP contribution in [0, 0.1) is 6.07 Å². The Balaban J connectivity index is 0.00000162. The molecular weight excluding hydrogens is 324 g/mol. The minimum absolute atomic E-state index is 0. The van der Waals surface area contributed by atoms with Gasteiger partial charge in [-0.3, -0.25) is 0 Å². The summed E-state index contributed by atoms with van der Waals surface area (Å²) >= 11 is 0. The Morgan fingerprint density at radius 1 is 1.56 bits per heavy atom. The van der Waals surface area contributed by atoms with Crippen LogP contribution in [0.4, 0.5) is 4.39 Å². The average Bonchev–Trinajstić information content (AvgIpc) is 2.57. The summed E-state index contributed by atoms with van der Waals surface area (Å²) in [5.41, 5.74) is -1.61. The van der Waals surface area contributed by atoms with Crippen LogP contribution in [-0.4, -0.2) is 44.8 Å². The van der Waals surface area contributed by atoms with Gasteiger partial charge in [0, 0.05) is 32.7 Å². The number of hydrogen-bond donors (Lipinski definition) is 3. The monoisotopic (exact) mass is 334 g/mol. The van der Waals surface area contributed by atoms with Gasteiger partial charge in [-0.2, -0.15) is 6.20 Å². The third-order valence-electron chi connectivity index (χ3n) is 2.54. The Hall–Kier alpha value is -0.406. The van der Waals surface area contributed by atoms with Crippen LogP contribution in [0.15, 0.2) is 15.8 Å². The van der Waals surface area contributed by atoms with Crippen molar-refractivity contribution in [2.75, 3.05) is 6.61 Å². The maximum absolute atomic E-state index is 13.6. The van der Waals surface area contributed by atoms with Gasteiger partial charge in [0.1, 0.15) is 12.2 Å². The van der Waals surface area contributed by atoms with Gasteiger partial charge < -0.3 is 35.4 Å². The zero-order valence-corrected chi connectivity index (χ0v) is 12.0. The molecule has 2 heterocycles. The summed E-state index contributed by atoms with van der Waals surface area (Å²) < 4.78 is 19.4. The van der Waals surface area contributed by atoms with Crippen molar-refractivity contribution in [3.8, 4) is 0 Å². The Morgan fingerprint density at radius 3 is 2.72 bits per heavy atom. The summed E-state index contributed by atoms with van der Waals surface area (Å²) in [6, 6.07) is 2.15. The van der Waals surface area contributed by atoms with E-state index in [2.05, 4.69) is 6.07 Å². The number of alkyl halides is 1. The number of halogens is 1. The average molecular weight is 334 g/mol. The van der Waals surface area contributed by atoms with Crippen LogP contribution in [0.2, 0.25) is 0 Å². The minimum atomic E-state index is -1.87. The molecule has 1 saturated heterocycles. The molecule has 18 heavy (non-hydrogen) atoms. The number of aromatic amines is 1. The first-order valence-corrected chi connectivity index (χ1v) is 4.86. The molecule has 0 aromatic carbocycles. The largest absolute Gasteiger partial charge is 0.394 e. The van der Waals surface area contributed by atoms with Crippen LogP contribution < -0.4 is 11.2 Å². The third-order valence-corrected chi connectivity index (χ3v) is 2.54. The summed E-state index contributed by atoms with van der Waals surface area (Å²) in [7, 11) is 0. The number of aliphatic hydroxyl groups is 2. The quantitative estimate of drug-likeness (QED) is 0.539. The van der Waals surface area contributed by atoms with E-state index in [-0.39, 0.29) is 32.7 Å². The molecule has 0 spiro atoms. The summed E-state index contributed by atoms with van der Waals surface area (Å²) in [5.74, 6) is 0. The fourth-order valence-electron chi connectivity index (χ4n) is 1.65. The standard InChI is InChI=1S/C9H10FN2O5.Y/c10-6-7(15)4(3-13)17-8(6)12-2-1-5(14)11-9(12)16;/h2,4,6-8,13,15H,3H2,(H,11,14,16);/q-1;/t4-,6?,7-,8-;/m1./s1. The third kappa shape index (κ3) is 2.78. The van der Waals surface area contributed by atoms with Crippen LogP contribution in [0.3, 0.4) is 0 Å². The SMILES string of the molecule is O=c1[c-]cn([C@@H]2O[C@H](CO)[C@@H](O)C2F)c(=O)[nH]1.[Y]. The number of nitrogens with zero attached hydrogens (tertiary/aromatic N) is 1. The maximum Gasteiger partial charge on any atom is 0.325 e. The van der Waals surface area contributed by atoms with Crippen molar-refractivity contribution < 1.29 is 52.0 Å². The van der Waals surface area contributed by atoms with E-state index in [9.17, 15) is 19.1 Å². The van der Waals surface area contributed by atoms with Crippen molar-refractivity contribution in [3.63, 3.8) is 0 Å². The fourth-order valence-corrected chi connectivity index (χ4v) is 1.65. The Morgan fingerprint density at radius 2 is 2.22 bits per heavy atom. The van der Waals surface area contributed by atoms with Crippen molar-refractivity contribution >= 4 is 0 Å². The molecule has 1 fully saturated rings. The van der Waals surface area contributed by atoms with Crippen LogP contribution in [0.1, 0.15) is 6.23 Å². The zero-order chi connectivity index (χ0) is 12.6. The van der Waals surface area contributed by atoms with Crippen molar-refractivity contribution in [2.24, 2.45) is 0 Å². The maximum atomic E-state index is 13.6. The number of rotatable bonds is 2. The van der Waals surface area contributed by atoms with Crippen molar-refractivity contribution in [1.29, 1.82) is 0 Å². The molecule has 3 N–H and O–H groups in total. The van der Waals surface area contributed by atoms with Crippen molar-refractivity contribution in [1.82, 2.24) is 9.55 Å². The molecule has 1 unspecified atom stereocenters. The molecule has 2 rings (SSSR count). The Bertz CT molecular complexity index is 518. The van der Waals surface area contributed by atoms with E-state index in [0.717, 1.165) is 10.8 Å². The molecule has 1 aliphatic heterocycles. The minimum Gasteiger partial charge on any atom is -0.394 e. The Kier molecular flexibility index (Phi) is 5.36. The van der Waals surface area contributed by atoms with Crippen LogP contribution in [0.25, 0.3) is 0 Å². The second-order valence-corrected chi connectivity index (χ2v) is 3.62. The van der Waals surface area contributed by atoms with Gasteiger partial charge >= 0.3 is 5.69 Å². The molecule has 1 aromatic heterocycles. The summed E-state index contributed by atoms with van der Waals surface area (Å²) in [4.78, 5) is 24.0. The molecule has 4 atom stereocenters. The van der Waals surface area contributed by atoms with E-state index in [4.69, 9.17) is 9.84 Å². The number of nitrogens with one attached hydrogen (secondary N) is 1. The molecule has 97 valence electrons. The van der Waals surface area contributed by atoms with Crippen molar-refractivity contribution in [3.05, 3.63) is 33.1 Å². The van der Waals surface area contributed by atoms with E-state index in [1.54, 1.807) is 0 Å². The summed E-state index contributed by atoms with van der Waals surface area (Å²) in [6.07, 6.45) is -4.94. The normalized spacial score (nSPS) is 31.1. The van der Waals surface area contributed by atoms with Gasteiger partial charge in [-0.1, -0.05) is 0 Å². The van der Waals surface area contributed by atoms with Crippen LogP contribution >= 0.6 is 0 Å². The van der Waals surface area contributed by atoms with Gasteiger partial charge in [-0.15, -0.1) is 0 Å². The molecule has 1 aromatic rings. The van der Waals surface area contributed by atoms with Gasteiger partial charge in [0.2, 0.25) is 0 Å². The fraction of sp³-hybridized carbons (Fsp3) is 0.556. The first-order valence-electron chi connectivity index (χ1n) is 4.86. The number of ether oxygens (including phenoxy) is 1. The van der Waals surface area contributed by atoms with Gasteiger partial charge in [0.05, 0.1) is 12.2 Å². The van der Waals surface area contributed by atoms with E-state index >= 15 is 0 Å². The first kappa shape index (κ1) is 15.7. The summed E-state index contributed by atoms with van der Waals surface area (Å²) in [5, 5.41) is 18.2. The van der Waals surface area contributed by atoms with E-state index in [0.29, 0.717) is 0 Å². The van der Waals surface area contributed by atoms with Gasteiger partial charge in [0.25, 0.3) is 0 Å². The second kappa shape index (κ2) is 6.16. The van der Waals surface area contributed by atoms with Crippen LogP contribution in [-0.2, 0) is 37.4 Å². The number of aromatic nitrogens is 2. The van der Waals surface area contributed by atoms with Gasteiger partial charge in [-0.25, -0.2) is 9.18 Å². The predicted octanol–water partition coefficient (Wildman–Crippen LogP) is -2.08.